The number of carbonyl (C=O) groups is 1. The molecule has 1 aromatic rings. The summed E-state index contributed by atoms with van der Waals surface area (Å²) in [4.78, 5) is 15.7. The first-order chi connectivity index (χ1) is 7.74. The molecule has 0 aliphatic carbocycles. The fourth-order valence-corrected chi connectivity index (χ4v) is 2.15. The van der Waals surface area contributed by atoms with Crippen LogP contribution in [0.2, 0.25) is 0 Å². The molecule has 0 aromatic heterocycles. The zero-order valence-electron chi connectivity index (χ0n) is 8.57. The molecule has 0 atom stereocenters. The normalized spacial score (nSPS) is 14.7. The second-order valence-electron chi connectivity index (χ2n) is 3.39. The number of hydrogen-bond acceptors (Lipinski definition) is 3. The van der Waals surface area contributed by atoms with Crippen LogP contribution in [0.5, 0.6) is 0 Å². The SMILES string of the molecule is O=C(Cc1cccc(F)c1)NC1=NCCS1. The van der Waals surface area contributed by atoms with E-state index in [0.717, 1.165) is 12.3 Å². The number of rotatable bonds is 2. The quantitative estimate of drug-likeness (QED) is 0.850. The molecular formula is C11H11FN2OS. The van der Waals surface area contributed by atoms with Crippen molar-refractivity contribution < 1.29 is 9.18 Å². The van der Waals surface area contributed by atoms with Gasteiger partial charge in [-0.15, -0.1) is 0 Å². The highest BCUT2D eigenvalue weighted by molar-refractivity contribution is 8.14. The van der Waals surface area contributed by atoms with Gasteiger partial charge in [0.1, 0.15) is 5.82 Å². The molecule has 1 aliphatic rings. The molecule has 0 spiro atoms. The summed E-state index contributed by atoms with van der Waals surface area (Å²) in [5.41, 5.74) is 0.668. The third-order valence-corrected chi connectivity index (χ3v) is 2.98. The number of amidine groups is 1. The Morgan fingerprint density at radius 2 is 2.44 bits per heavy atom. The van der Waals surface area contributed by atoms with Gasteiger partial charge in [-0.2, -0.15) is 0 Å². The lowest BCUT2D eigenvalue weighted by atomic mass is 10.1. The Balaban J connectivity index is 1.91. The average Bonchev–Trinajstić information content (AvgIpc) is 2.70. The van der Waals surface area contributed by atoms with Crippen molar-refractivity contribution in [2.24, 2.45) is 4.99 Å². The van der Waals surface area contributed by atoms with E-state index in [2.05, 4.69) is 10.3 Å². The second kappa shape index (κ2) is 5.12. The van der Waals surface area contributed by atoms with Crippen molar-refractivity contribution in [3.8, 4) is 0 Å². The molecule has 1 aliphatic heterocycles. The zero-order chi connectivity index (χ0) is 11.4. The molecule has 0 bridgehead atoms. The number of nitrogens with one attached hydrogen (secondary N) is 1. The zero-order valence-corrected chi connectivity index (χ0v) is 9.39. The summed E-state index contributed by atoms with van der Waals surface area (Å²) in [6, 6.07) is 6.05. The lowest BCUT2D eigenvalue weighted by molar-refractivity contribution is -0.119. The summed E-state index contributed by atoms with van der Waals surface area (Å²) in [5.74, 6) is 0.437. The highest BCUT2D eigenvalue weighted by atomic mass is 32.2. The van der Waals surface area contributed by atoms with E-state index in [1.165, 1.54) is 23.9 Å². The van der Waals surface area contributed by atoms with E-state index in [1.807, 2.05) is 0 Å². The number of hydrogen-bond donors (Lipinski definition) is 1. The molecule has 0 radical (unpaired) electrons. The lowest BCUT2D eigenvalue weighted by Crippen LogP contribution is -2.28. The van der Waals surface area contributed by atoms with Crippen LogP contribution in [-0.2, 0) is 11.2 Å². The molecule has 1 N–H and O–H groups in total. The van der Waals surface area contributed by atoms with Crippen LogP contribution in [0.4, 0.5) is 4.39 Å². The minimum atomic E-state index is -0.321. The van der Waals surface area contributed by atoms with E-state index in [1.54, 1.807) is 12.1 Å². The topological polar surface area (TPSA) is 41.5 Å². The van der Waals surface area contributed by atoms with Crippen LogP contribution >= 0.6 is 11.8 Å². The molecule has 3 nitrogen and oxygen atoms in total. The predicted molar refractivity (Wildman–Crippen MR) is 63.0 cm³/mol. The van der Waals surface area contributed by atoms with Gasteiger partial charge in [-0.1, -0.05) is 23.9 Å². The van der Waals surface area contributed by atoms with Gasteiger partial charge < -0.3 is 5.32 Å². The summed E-state index contributed by atoms with van der Waals surface area (Å²) >= 11 is 1.53. The lowest BCUT2D eigenvalue weighted by Gasteiger charge is -2.03. The fraction of sp³-hybridized carbons (Fsp3) is 0.273. The van der Waals surface area contributed by atoms with Crippen LogP contribution in [0, 0.1) is 5.82 Å². The van der Waals surface area contributed by atoms with Crippen LogP contribution in [0.3, 0.4) is 0 Å². The van der Waals surface area contributed by atoms with Crippen molar-refractivity contribution in [3.05, 3.63) is 35.6 Å². The minimum Gasteiger partial charge on any atom is -0.305 e. The molecule has 0 unspecified atom stereocenters. The number of thioether (sulfide) groups is 1. The average molecular weight is 238 g/mol. The third kappa shape index (κ3) is 3.06. The second-order valence-corrected chi connectivity index (χ2v) is 4.47. The molecule has 84 valence electrons. The molecule has 0 fully saturated rings. The Labute approximate surface area is 97.1 Å². The minimum absolute atomic E-state index is 0.154. The van der Waals surface area contributed by atoms with Gasteiger partial charge in [0.15, 0.2) is 5.17 Å². The molecule has 1 heterocycles. The Morgan fingerprint density at radius 3 is 3.12 bits per heavy atom. The molecule has 5 heteroatoms. The van der Waals surface area contributed by atoms with Crippen LogP contribution in [-0.4, -0.2) is 23.4 Å². The van der Waals surface area contributed by atoms with Gasteiger partial charge in [-0.25, -0.2) is 4.39 Å². The van der Waals surface area contributed by atoms with E-state index >= 15 is 0 Å². The Kier molecular flexibility index (Phi) is 3.56. The van der Waals surface area contributed by atoms with Crippen LogP contribution < -0.4 is 5.32 Å². The highest BCUT2D eigenvalue weighted by Gasteiger charge is 2.11. The number of halogens is 1. The maximum atomic E-state index is 12.9. The summed E-state index contributed by atoms with van der Waals surface area (Å²) in [6.45, 7) is 0.750. The van der Waals surface area contributed by atoms with Crippen LogP contribution in [0.1, 0.15) is 5.56 Å². The first-order valence-electron chi connectivity index (χ1n) is 4.95. The van der Waals surface area contributed by atoms with E-state index in [0.29, 0.717) is 10.7 Å². The van der Waals surface area contributed by atoms with Gasteiger partial charge in [0.25, 0.3) is 0 Å². The standard InChI is InChI=1S/C11H11FN2OS/c12-9-3-1-2-8(6-9)7-10(15)14-11-13-4-5-16-11/h1-3,6H,4-5,7H2,(H,13,14,15). The van der Waals surface area contributed by atoms with Gasteiger partial charge in [0.2, 0.25) is 5.91 Å². The Morgan fingerprint density at radius 1 is 1.56 bits per heavy atom. The monoisotopic (exact) mass is 238 g/mol. The van der Waals surface area contributed by atoms with Gasteiger partial charge in [-0.3, -0.25) is 9.79 Å². The Hall–Kier alpha value is -1.36. The van der Waals surface area contributed by atoms with Gasteiger partial charge in [-0.05, 0) is 17.7 Å². The van der Waals surface area contributed by atoms with Crippen molar-refractivity contribution in [1.29, 1.82) is 0 Å². The Bertz CT molecular complexity index is 434. The van der Waals surface area contributed by atoms with Crippen molar-refractivity contribution in [3.63, 3.8) is 0 Å². The van der Waals surface area contributed by atoms with Crippen molar-refractivity contribution in [2.45, 2.75) is 6.42 Å². The number of benzene rings is 1. The molecule has 2 rings (SSSR count). The maximum absolute atomic E-state index is 12.9. The maximum Gasteiger partial charge on any atom is 0.230 e. The van der Waals surface area contributed by atoms with Crippen molar-refractivity contribution >= 4 is 22.8 Å². The highest BCUT2D eigenvalue weighted by Crippen LogP contribution is 2.09. The van der Waals surface area contributed by atoms with Crippen LogP contribution in [0.15, 0.2) is 29.3 Å². The van der Waals surface area contributed by atoms with E-state index < -0.39 is 0 Å². The van der Waals surface area contributed by atoms with Crippen molar-refractivity contribution in [1.82, 2.24) is 5.32 Å². The molecule has 1 aromatic carbocycles. The number of amides is 1. The van der Waals surface area contributed by atoms with Gasteiger partial charge >= 0.3 is 0 Å². The van der Waals surface area contributed by atoms with Gasteiger partial charge in [0, 0.05) is 5.75 Å². The molecular weight excluding hydrogens is 227 g/mol. The molecule has 16 heavy (non-hydrogen) atoms. The number of nitrogens with zero attached hydrogens (tertiary/aromatic N) is 1. The van der Waals surface area contributed by atoms with E-state index in [-0.39, 0.29) is 18.1 Å². The van der Waals surface area contributed by atoms with E-state index in [4.69, 9.17) is 0 Å². The van der Waals surface area contributed by atoms with E-state index in [9.17, 15) is 9.18 Å². The smallest absolute Gasteiger partial charge is 0.230 e. The summed E-state index contributed by atoms with van der Waals surface area (Å²) in [7, 11) is 0. The summed E-state index contributed by atoms with van der Waals surface area (Å²) in [5, 5.41) is 3.37. The molecule has 1 amide bonds. The third-order valence-electron chi connectivity index (χ3n) is 2.09. The predicted octanol–water partition coefficient (Wildman–Crippen LogP) is 1.59. The largest absolute Gasteiger partial charge is 0.305 e. The first-order valence-corrected chi connectivity index (χ1v) is 5.94. The van der Waals surface area contributed by atoms with Crippen LogP contribution in [0.25, 0.3) is 0 Å². The molecule has 0 saturated carbocycles. The van der Waals surface area contributed by atoms with Gasteiger partial charge in [0.05, 0.1) is 13.0 Å². The molecule has 0 saturated heterocycles. The van der Waals surface area contributed by atoms with Crippen molar-refractivity contribution in [2.75, 3.05) is 12.3 Å². The summed E-state index contributed by atoms with van der Waals surface area (Å²) < 4.78 is 12.9. The number of carbonyl (C=O) groups excluding carboxylic acids is 1. The summed E-state index contributed by atoms with van der Waals surface area (Å²) in [6.07, 6.45) is 0.178. The number of aliphatic imine (C=N–C) groups is 1. The fourth-order valence-electron chi connectivity index (χ4n) is 1.41. The first kappa shape index (κ1) is 11.1.